The highest BCUT2D eigenvalue weighted by Crippen LogP contribution is 2.58. The largest absolute Gasteiger partial charge is 0.465 e. The highest BCUT2D eigenvalue weighted by Gasteiger charge is 2.73. The first-order valence-corrected chi connectivity index (χ1v) is 11.5. The summed E-state index contributed by atoms with van der Waals surface area (Å²) in [5.41, 5.74) is 0.124. The van der Waals surface area contributed by atoms with Crippen molar-refractivity contribution in [3.63, 3.8) is 0 Å². The molecule has 0 unspecified atom stereocenters. The number of amidine groups is 1. The molecule has 1 saturated heterocycles. The molecule has 1 fully saturated rings. The third kappa shape index (κ3) is 3.09. The molecule has 4 atom stereocenters. The van der Waals surface area contributed by atoms with Crippen molar-refractivity contribution in [2.75, 3.05) is 6.61 Å². The van der Waals surface area contributed by atoms with Gasteiger partial charge in [-0.15, -0.1) is 0 Å². The van der Waals surface area contributed by atoms with Gasteiger partial charge in [0.2, 0.25) is 0 Å². The number of nitrogens with one attached hydrogen (secondary N) is 1. The number of fused-ring (bicyclic) bond motifs is 3. The maximum absolute atomic E-state index is 13.0. The number of aliphatic hydroxyl groups is 1. The molecule has 2 N–H and O–H groups in total. The van der Waals surface area contributed by atoms with Gasteiger partial charge in [0.25, 0.3) is 0 Å². The van der Waals surface area contributed by atoms with Gasteiger partial charge in [-0.05, 0) is 60.9 Å². The number of hydrogen-bond acceptors (Lipinski definition) is 6. The normalized spacial score (nSPS) is 29.9. The summed E-state index contributed by atoms with van der Waals surface area (Å²) in [7, 11) is 0. The Morgan fingerprint density at radius 3 is 2.30 bits per heavy atom. The molecule has 33 heavy (non-hydrogen) atoms. The van der Waals surface area contributed by atoms with Gasteiger partial charge < -0.3 is 14.7 Å². The van der Waals surface area contributed by atoms with Gasteiger partial charge in [0.05, 0.1) is 6.61 Å². The summed E-state index contributed by atoms with van der Waals surface area (Å²) in [6.07, 6.45) is 4.62. The fourth-order valence-corrected chi connectivity index (χ4v) is 5.36. The van der Waals surface area contributed by atoms with E-state index >= 15 is 0 Å². The predicted octanol–water partition coefficient (Wildman–Crippen LogP) is 4.13. The van der Waals surface area contributed by atoms with Crippen LogP contribution >= 0.6 is 23.2 Å². The zero-order chi connectivity index (χ0) is 23.4. The number of allylic oxidation sites excluding steroid dienone is 2. The lowest BCUT2D eigenvalue weighted by Crippen LogP contribution is -2.59. The van der Waals surface area contributed by atoms with Gasteiger partial charge in [0.15, 0.2) is 11.2 Å². The Morgan fingerprint density at radius 1 is 1.09 bits per heavy atom. The summed E-state index contributed by atoms with van der Waals surface area (Å²) in [6, 6.07) is 13.6. The minimum Gasteiger partial charge on any atom is -0.465 e. The maximum atomic E-state index is 13.0. The van der Waals surface area contributed by atoms with Gasteiger partial charge in [-0.25, -0.2) is 4.99 Å². The van der Waals surface area contributed by atoms with Gasteiger partial charge >= 0.3 is 5.97 Å². The Morgan fingerprint density at radius 2 is 1.70 bits per heavy atom. The topological polar surface area (TPSA) is 74.2 Å². The van der Waals surface area contributed by atoms with Crippen LogP contribution in [0.2, 0.25) is 10.0 Å². The minimum absolute atomic E-state index is 0.200. The highest BCUT2D eigenvalue weighted by molar-refractivity contribution is 6.30. The number of ether oxygens (including phenoxy) is 1. The van der Waals surface area contributed by atoms with Crippen LogP contribution in [0.4, 0.5) is 0 Å². The summed E-state index contributed by atoms with van der Waals surface area (Å²) in [6.45, 7) is 3.92. The number of rotatable bonds is 4. The third-order valence-electron chi connectivity index (χ3n) is 6.47. The highest BCUT2D eigenvalue weighted by atomic mass is 35.5. The molecule has 2 aromatic rings. The Balaban J connectivity index is 1.83. The van der Waals surface area contributed by atoms with E-state index in [4.69, 9.17) is 32.9 Å². The molecule has 3 aliphatic rings. The molecule has 3 heterocycles. The molecular formula is C25H23Cl2N3O3. The van der Waals surface area contributed by atoms with E-state index < -0.39 is 29.3 Å². The molecule has 5 rings (SSSR count). The molecule has 0 saturated carbocycles. The van der Waals surface area contributed by atoms with E-state index in [1.54, 1.807) is 31.2 Å². The van der Waals surface area contributed by atoms with Gasteiger partial charge in [0.1, 0.15) is 18.0 Å². The van der Waals surface area contributed by atoms with E-state index in [0.717, 1.165) is 16.7 Å². The van der Waals surface area contributed by atoms with E-state index in [1.807, 2.05) is 54.4 Å². The zero-order valence-corrected chi connectivity index (χ0v) is 19.6. The molecular weight excluding hydrogens is 461 g/mol. The number of hydrogen-bond donors (Lipinski definition) is 2. The number of aliphatic imine (C=N–C) groups is 1. The van der Waals surface area contributed by atoms with Crippen molar-refractivity contribution in [1.29, 1.82) is 0 Å². The molecule has 6 nitrogen and oxygen atoms in total. The molecule has 8 heteroatoms. The van der Waals surface area contributed by atoms with Crippen LogP contribution in [0, 0.1) is 0 Å². The lowest BCUT2D eigenvalue weighted by atomic mass is 9.73. The van der Waals surface area contributed by atoms with E-state index in [9.17, 15) is 9.90 Å². The van der Waals surface area contributed by atoms with Crippen LogP contribution < -0.4 is 5.32 Å². The first-order chi connectivity index (χ1) is 15.8. The summed E-state index contributed by atoms with van der Waals surface area (Å²) in [4.78, 5) is 20.1. The van der Waals surface area contributed by atoms with Crippen LogP contribution in [0.5, 0.6) is 0 Å². The second-order valence-corrected chi connectivity index (χ2v) is 9.23. The summed E-state index contributed by atoms with van der Waals surface area (Å²) in [5, 5.41) is 16.4. The van der Waals surface area contributed by atoms with E-state index in [0.29, 0.717) is 15.9 Å². The van der Waals surface area contributed by atoms with Crippen LogP contribution in [0.25, 0.3) is 0 Å². The number of carbonyl (C=O) groups is 1. The van der Waals surface area contributed by atoms with Crippen molar-refractivity contribution in [3.8, 4) is 0 Å². The maximum Gasteiger partial charge on any atom is 0.326 e. The molecule has 2 aromatic carbocycles. The molecule has 0 aromatic heterocycles. The van der Waals surface area contributed by atoms with Gasteiger partial charge in [-0.2, -0.15) is 0 Å². The van der Waals surface area contributed by atoms with E-state index in [1.165, 1.54) is 0 Å². The second-order valence-electron chi connectivity index (χ2n) is 8.36. The Labute approximate surface area is 202 Å². The number of halogens is 2. The number of nitrogens with zero attached hydrogens (tertiary/aromatic N) is 2. The van der Waals surface area contributed by atoms with Crippen LogP contribution in [0.15, 0.2) is 77.4 Å². The van der Waals surface area contributed by atoms with E-state index in [-0.39, 0.29) is 6.61 Å². The lowest BCUT2D eigenvalue weighted by Gasteiger charge is -2.45. The van der Waals surface area contributed by atoms with Crippen molar-refractivity contribution in [3.05, 3.63) is 93.6 Å². The fraction of sp³-hybridized carbons (Fsp3) is 0.280. The molecule has 0 spiro atoms. The van der Waals surface area contributed by atoms with Gasteiger partial charge in [-0.1, -0.05) is 53.5 Å². The van der Waals surface area contributed by atoms with Crippen molar-refractivity contribution in [2.45, 2.75) is 37.2 Å². The first kappa shape index (κ1) is 22.2. The van der Waals surface area contributed by atoms with E-state index in [2.05, 4.69) is 5.32 Å². The predicted molar refractivity (Wildman–Crippen MR) is 128 cm³/mol. The second kappa shape index (κ2) is 7.99. The van der Waals surface area contributed by atoms with Crippen molar-refractivity contribution in [2.24, 2.45) is 4.99 Å². The SMILES string of the molecule is CCOC(=O)[C@@H]1N[C@]2(c3ccc(Cl)cc3)N3C=C(C)C=CC3=N[C@]2(c2ccc(Cl)cc2)[C@@H]1O. The van der Waals surface area contributed by atoms with Gasteiger partial charge in [0, 0.05) is 16.2 Å². The summed E-state index contributed by atoms with van der Waals surface area (Å²) in [5.74, 6) is 0.130. The number of aliphatic hydroxyl groups excluding tert-OH is 1. The van der Waals surface area contributed by atoms with Crippen LogP contribution in [-0.4, -0.2) is 40.6 Å². The molecule has 0 amide bonds. The number of esters is 1. The van der Waals surface area contributed by atoms with Crippen molar-refractivity contribution in [1.82, 2.24) is 10.2 Å². The molecule has 0 radical (unpaired) electrons. The fourth-order valence-electron chi connectivity index (χ4n) is 5.11. The first-order valence-electron chi connectivity index (χ1n) is 10.7. The monoisotopic (exact) mass is 483 g/mol. The lowest BCUT2D eigenvalue weighted by molar-refractivity contribution is -0.148. The van der Waals surface area contributed by atoms with Crippen molar-refractivity contribution < 1.29 is 14.6 Å². The molecule has 170 valence electrons. The minimum atomic E-state index is -1.27. The molecule has 0 bridgehead atoms. The quantitative estimate of drug-likeness (QED) is 0.639. The smallest absolute Gasteiger partial charge is 0.326 e. The average Bonchev–Trinajstić information content (AvgIpc) is 3.23. The van der Waals surface area contributed by atoms with Crippen LogP contribution in [0.3, 0.4) is 0 Å². The summed E-state index contributed by atoms with van der Waals surface area (Å²) < 4.78 is 5.32. The van der Waals surface area contributed by atoms with Crippen LogP contribution in [0.1, 0.15) is 25.0 Å². The zero-order valence-electron chi connectivity index (χ0n) is 18.1. The Kier molecular flexibility index (Phi) is 5.37. The Bertz CT molecular complexity index is 1190. The molecule has 0 aliphatic carbocycles. The number of benzene rings is 2. The van der Waals surface area contributed by atoms with Crippen LogP contribution in [-0.2, 0) is 20.7 Å². The standard InChI is InChI=1S/C25H23Cl2N3O3/c1-3-33-23(32)21-22(31)24(16-5-9-18(26)10-6-16)25(29-21,17-7-11-19(27)12-8-17)30-14-15(2)4-13-20(30)28-24/h4-14,21-22,29,31H,3H2,1-2H3/t21-,22-,24-,25-/m1/s1. The summed E-state index contributed by atoms with van der Waals surface area (Å²) >= 11 is 12.4. The van der Waals surface area contributed by atoms with Gasteiger partial charge in [-0.3, -0.25) is 10.1 Å². The molecule has 3 aliphatic heterocycles. The number of carbonyl (C=O) groups excluding carboxylic acids is 1. The third-order valence-corrected chi connectivity index (χ3v) is 6.98. The average molecular weight is 484 g/mol. The van der Waals surface area contributed by atoms with Crippen molar-refractivity contribution >= 4 is 35.0 Å². The Hall–Kier alpha value is -2.64.